The summed E-state index contributed by atoms with van der Waals surface area (Å²) in [5.74, 6) is -0.965. The van der Waals surface area contributed by atoms with Crippen molar-refractivity contribution in [3.63, 3.8) is 0 Å². The first kappa shape index (κ1) is 7.68. The van der Waals surface area contributed by atoms with Gasteiger partial charge in [0.15, 0.2) is 0 Å². The van der Waals surface area contributed by atoms with E-state index in [9.17, 15) is 4.79 Å². The molecule has 0 bridgehead atoms. The van der Waals surface area contributed by atoms with Gasteiger partial charge in [0.2, 0.25) is 0 Å². The molecular weight excluding hydrogens is 144 g/mol. The number of hydrogen-bond acceptors (Lipinski definition) is 3. The third-order valence-electron chi connectivity index (χ3n) is 1.35. The first-order valence-electron chi connectivity index (χ1n) is 3.12. The maximum absolute atomic E-state index is 10.5. The lowest BCUT2D eigenvalue weighted by Crippen LogP contribution is -2.06. The topological polar surface area (TPSA) is 76.2 Å². The Morgan fingerprint density at radius 1 is 1.73 bits per heavy atom. The summed E-state index contributed by atoms with van der Waals surface area (Å²) in [6.07, 6.45) is 2.89. The van der Waals surface area contributed by atoms with Crippen LogP contribution in [0.3, 0.4) is 0 Å². The van der Waals surface area contributed by atoms with Gasteiger partial charge >= 0.3 is 5.97 Å². The van der Waals surface area contributed by atoms with E-state index in [0.717, 1.165) is 0 Å². The van der Waals surface area contributed by atoms with Crippen LogP contribution in [0, 0.1) is 0 Å². The summed E-state index contributed by atoms with van der Waals surface area (Å²) in [6.45, 7) is 0.204. The lowest BCUT2D eigenvalue weighted by Gasteiger charge is -1.99. The van der Waals surface area contributed by atoms with Crippen LogP contribution in [0.15, 0.2) is 18.5 Å². The molecule has 0 radical (unpaired) electrons. The van der Waals surface area contributed by atoms with Crippen molar-refractivity contribution < 1.29 is 9.90 Å². The third kappa shape index (κ3) is 1.53. The van der Waals surface area contributed by atoms with E-state index in [2.05, 4.69) is 4.98 Å². The molecule has 4 heteroatoms. The number of aromatic nitrogens is 1. The van der Waals surface area contributed by atoms with Gasteiger partial charge in [-0.1, -0.05) is 0 Å². The molecule has 0 atom stereocenters. The lowest BCUT2D eigenvalue weighted by molar-refractivity contribution is 0.0695. The maximum atomic E-state index is 10.5. The summed E-state index contributed by atoms with van der Waals surface area (Å²) in [7, 11) is 0. The Labute approximate surface area is 63.7 Å². The number of carbonyl (C=O) groups is 1. The van der Waals surface area contributed by atoms with Gasteiger partial charge in [-0.05, 0) is 11.6 Å². The van der Waals surface area contributed by atoms with E-state index in [0.29, 0.717) is 5.56 Å². The molecular formula is C7H8N2O2. The minimum absolute atomic E-state index is 0.204. The Morgan fingerprint density at radius 3 is 2.91 bits per heavy atom. The van der Waals surface area contributed by atoms with Gasteiger partial charge in [0, 0.05) is 18.9 Å². The molecule has 0 fully saturated rings. The summed E-state index contributed by atoms with van der Waals surface area (Å²) in [5, 5.41) is 8.61. The smallest absolute Gasteiger partial charge is 0.336 e. The molecule has 0 unspecified atom stereocenters. The molecule has 1 heterocycles. The molecule has 0 amide bonds. The average molecular weight is 152 g/mol. The van der Waals surface area contributed by atoms with Crippen molar-refractivity contribution >= 4 is 5.97 Å². The van der Waals surface area contributed by atoms with Crippen molar-refractivity contribution in [2.24, 2.45) is 5.73 Å². The molecule has 0 saturated carbocycles. The van der Waals surface area contributed by atoms with E-state index in [1.165, 1.54) is 18.5 Å². The van der Waals surface area contributed by atoms with Gasteiger partial charge in [-0.15, -0.1) is 0 Å². The number of aromatic carboxylic acids is 1. The number of carboxylic acids is 1. The lowest BCUT2D eigenvalue weighted by atomic mass is 10.1. The fourth-order valence-electron chi connectivity index (χ4n) is 0.798. The second kappa shape index (κ2) is 3.12. The Balaban J connectivity index is 3.12. The number of rotatable bonds is 2. The van der Waals surface area contributed by atoms with Crippen LogP contribution >= 0.6 is 0 Å². The first-order chi connectivity index (χ1) is 5.25. The van der Waals surface area contributed by atoms with Crippen molar-refractivity contribution in [2.45, 2.75) is 6.54 Å². The average Bonchev–Trinajstić information content (AvgIpc) is 2.04. The molecule has 1 aromatic heterocycles. The summed E-state index contributed by atoms with van der Waals surface area (Å²) < 4.78 is 0. The van der Waals surface area contributed by atoms with Crippen molar-refractivity contribution in [3.05, 3.63) is 29.6 Å². The fourth-order valence-corrected chi connectivity index (χ4v) is 0.798. The standard InChI is InChI=1S/C7H8N2O2/c8-3-5-4-9-2-1-6(5)7(10)11/h1-2,4H,3,8H2,(H,10,11). The molecule has 1 aromatic rings. The summed E-state index contributed by atoms with van der Waals surface area (Å²) >= 11 is 0. The van der Waals surface area contributed by atoms with Gasteiger partial charge in [-0.3, -0.25) is 4.98 Å². The number of nitrogens with two attached hydrogens (primary N) is 1. The third-order valence-corrected chi connectivity index (χ3v) is 1.35. The van der Waals surface area contributed by atoms with E-state index in [4.69, 9.17) is 10.8 Å². The zero-order valence-electron chi connectivity index (χ0n) is 5.82. The minimum atomic E-state index is -0.965. The van der Waals surface area contributed by atoms with Crippen LogP contribution in [0.1, 0.15) is 15.9 Å². The van der Waals surface area contributed by atoms with Crippen molar-refractivity contribution in [2.75, 3.05) is 0 Å². The molecule has 0 aliphatic heterocycles. The second-order valence-corrected chi connectivity index (χ2v) is 2.04. The van der Waals surface area contributed by atoms with Crippen LogP contribution in [-0.2, 0) is 6.54 Å². The summed E-state index contributed by atoms with van der Waals surface area (Å²) in [6, 6.07) is 1.44. The minimum Gasteiger partial charge on any atom is -0.478 e. The highest BCUT2D eigenvalue weighted by atomic mass is 16.4. The van der Waals surface area contributed by atoms with Gasteiger partial charge in [0.1, 0.15) is 0 Å². The molecule has 0 aliphatic rings. The van der Waals surface area contributed by atoms with Gasteiger partial charge in [0.05, 0.1) is 5.56 Å². The molecule has 3 N–H and O–H groups in total. The monoisotopic (exact) mass is 152 g/mol. The molecule has 4 nitrogen and oxygen atoms in total. The van der Waals surface area contributed by atoms with Crippen LogP contribution in [0.4, 0.5) is 0 Å². The molecule has 0 spiro atoms. The summed E-state index contributed by atoms with van der Waals surface area (Å²) in [5.41, 5.74) is 6.07. The van der Waals surface area contributed by atoms with Crippen LogP contribution in [-0.4, -0.2) is 16.1 Å². The predicted octanol–water partition coefficient (Wildman–Crippen LogP) is 0.238. The van der Waals surface area contributed by atoms with Crippen LogP contribution in [0.25, 0.3) is 0 Å². The van der Waals surface area contributed by atoms with Gasteiger partial charge in [-0.25, -0.2) is 4.79 Å². The highest BCUT2D eigenvalue weighted by Crippen LogP contribution is 2.04. The number of hydrogen-bond donors (Lipinski definition) is 2. The zero-order chi connectivity index (χ0) is 8.27. The Hall–Kier alpha value is -1.42. The van der Waals surface area contributed by atoms with Gasteiger partial charge in [-0.2, -0.15) is 0 Å². The largest absolute Gasteiger partial charge is 0.478 e. The van der Waals surface area contributed by atoms with E-state index in [1.807, 2.05) is 0 Å². The number of carboxylic acid groups (broad SMARTS) is 1. The van der Waals surface area contributed by atoms with Crippen molar-refractivity contribution in [1.82, 2.24) is 4.98 Å². The summed E-state index contributed by atoms with van der Waals surface area (Å²) in [4.78, 5) is 14.3. The zero-order valence-corrected chi connectivity index (χ0v) is 5.82. The second-order valence-electron chi connectivity index (χ2n) is 2.04. The SMILES string of the molecule is NCc1cnccc1C(=O)O. The molecule has 58 valence electrons. The highest BCUT2D eigenvalue weighted by molar-refractivity contribution is 5.89. The van der Waals surface area contributed by atoms with E-state index < -0.39 is 5.97 Å². The van der Waals surface area contributed by atoms with Crippen molar-refractivity contribution in [1.29, 1.82) is 0 Å². The van der Waals surface area contributed by atoms with Crippen molar-refractivity contribution in [3.8, 4) is 0 Å². The molecule has 0 aliphatic carbocycles. The predicted molar refractivity (Wildman–Crippen MR) is 39.1 cm³/mol. The van der Waals surface area contributed by atoms with Crippen LogP contribution in [0.5, 0.6) is 0 Å². The Kier molecular flexibility index (Phi) is 2.18. The van der Waals surface area contributed by atoms with Gasteiger partial charge < -0.3 is 10.8 Å². The molecule has 0 aromatic carbocycles. The number of pyridine rings is 1. The Bertz CT molecular complexity index is 273. The van der Waals surface area contributed by atoms with Crippen LogP contribution in [0.2, 0.25) is 0 Å². The quantitative estimate of drug-likeness (QED) is 0.636. The normalized spacial score (nSPS) is 9.55. The first-order valence-corrected chi connectivity index (χ1v) is 3.12. The van der Waals surface area contributed by atoms with E-state index >= 15 is 0 Å². The highest BCUT2D eigenvalue weighted by Gasteiger charge is 2.06. The van der Waals surface area contributed by atoms with E-state index in [-0.39, 0.29) is 12.1 Å². The molecule has 0 saturated heterocycles. The van der Waals surface area contributed by atoms with Crippen LogP contribution < -0.4 is 5.73 Å². The molecule has 11 heavy (non-hydrogen) atoms. The van der Waals surface area contributed by atoms with E-state index in [1.54, 1.807) is 0 Å². The molecule has 1 rings (SSSR count). The fraction of sp³-hybridized carbons (Fsp3) is 0.143. The van der Waals surface area contributed by atoms with Gasteiger partial charge in [0.25, 0.3) is 0 Å². The Morgan fingerprint density at radius 2 is 2.45 bits per heavy atom. The number of nitrogens with zero attached hydrogens (tertiary/aromatic N) is 1. The maximum Gasteiger partial charge on any atom is 0.336 e.